The van der Waals surface area contributed by atoms with Crippen molar-refractivity contribution in [2.24, 2.45) is 0 Å². The van der Waals surface area contributed by atoms with Crippen molar-refractivity contribution in [2.45, 2.75) is 12.5 Å². The minimum atomic E-state index is 0.353. The molecule has 1 atom stereocenters. The first-order chi connectivity index (χ1) is 4.33. The number of ether oxygens (including phenoxy) is 1. The largest absolute Gasteiger partial charge is 0.380 e. The predicted molar refractivity (Wildman–Crippen MR) is 37.4 cm³/mol. The molecule has 0 spiro atoms. The fourth-order valence-corrected chi connectivity index (χ4v) is 1.04. The number of nitrogens with one attached hydrogen (secondary N) is 1. The normalized spacial score (nSPS) is 28.6. The van der Waals surface area contributed by atoms with E-state index < -0.39 is 0 Å². The Labute approximate surface area is 55.9 Å². The lowest BCUT2D eigenvalue weighted by Crippen LogP contribution is -2.35. The molecule has 0 bridgehead atoms. The highest BCUT2D eigenvalue weighted by molar-refractivity contribution is 5.02. The average molecular weight is 127 g/mol. The lowest BCUT2D eigenvalue weighted by molar-refractivity contribution is 0.0945. The molecule has 2 nitrogen and oxygen atoms in total. The number of hydrogen-bond acceptors (Lipinski definition) is 2. The number of piperidine rings is 1. The Balaban J connectivity index is 2.32. The maximum absolute atomic E-state index is 5.14. The van der Waals surface area contributed by atoms with Crippen molar-refractivity contribution in [3.8, 4) is 0 Å². The van der Waals surface area contributed by atoms with Crippen LogP contribution in [-0.4, -0.2) is 26.3 Å². The molecular formula is C7H13NO. The minimum Gasteiger partial charge on any atom is -0.380 e. The lowest BCUT2D eigenvalue weighted by Gasteiger charge is -2.22. The molecule has 0 aromatic carbocycles. The van der Waals surface area contributed by atoms with Gasteiger partial charge in [-0.2, -0.15) is 0 Å². The highest BCUT2D eigenvalue weighted by atomic mass is 16.5. The Bertz CT molecular complexity index is 111. The average Bonchev–Trinajstić information content (AvgIpc) is 1.88. The van der Waals surface area contributed by atoms with E-state index in [-0.39, 0.29) is 0 Å². The van der Waals surface area contributed by atoms with Gasteiger partial charge in [-0.05, 0) is 6.42 Å². The van der Waals surface area contributed by atoms with E-state index in [4.69, 9.17) is 4.74 Å². The number of hydrogen-bond donors (Lipinski definition) is 1. The standard InChI is InChI=1S/C7H13NO/c1-6-3-7(9-2)5-8-4-6/h7-8H,1,3-5H2,2H3. The van der Waals surface area contributed by atoms with E-state index in [0.717, 1.165) is 19.5 Å². The summed E-state index contributed by atoms with van der Waals surface area (Å²) in [6, 6.07) is 0. The van der Waals surface area contributed by atoms with Gasteiger partial charge in [-0.25, -0.2) is 0 Å². The molecule has 0 amide bonds. The van der Waals surface area contributed by atoms with Crippen LogP contribution in [0, 0.1) is 0 Å². The molecule has 2 heteroatoms. The summed E-state index contributed by atoms with van der Waals surface area (Å²) in [4.78, 5) is 0. The Morgan fingerprint density at radius 2 is 2.56 bits per heavy atom. The van der Waals surface area contributed by atoms with Crippen LogP contribution in [0.1, 0.15) is 6.42 Å². The van der Waals surface area contributed by atoms with Crippen molar-refractivity contribution in [2.75, 3.05) is 20.2 Å². The zero-order chi connectivity index (χ0) is 6.69. The van der Waals surface area contributed by atoms with Gasteiger partial charge in [0.15, 0.2) is 0 Å². The van der Waals surface area contributed by atoms with Gasteiger partial charge < -0.3 is 10.1 Å². The van der Waals surface area contributed by atoms with Crippen LogP contribution in [0.3, 0.4) is 0 Å². The topological polar surface area (TPSA) is 21.3 Å². The Hall–Kier alpha value is -0.340. The highest BCUT2D eigenvalue weighted by Crippen LogP contribution is 2.08. The van der Waals surface area contributed by atoms with Crippen LogP contribution in [0.25, 0.3) is 0 Å². The fraction of sp³-hybridized carbons (Fsp3) is 0.714. The van der Waals surface area contributed by atoms with Gasteiger partial charge in [0.05, 0.1) is 6.10 Å². The molecular weight excluding hydrogens is 114 g/mol. The lowest BCUT2D eigenvalue weighted by atomic mass is 10.1. The summed E-state index contributed by atoms with van der Waals surface area (Å²) >= 11 is 0. The SMILES string of the molecule is C=C1CNCC(OC)C1. The van der Waals surface area contributed by atoms with Gasteiger partial charge in [0.2, 0.25) is 0 Å². The van der Waals surface area contributed by atoms with Gasteiger partial charge in [0, 0.05) is 20.2 Å². The first-order valence-corrected chi connectivity index (χ1v) is 3.23. The van der Waals surface area contributed by atoms with Crippen LogP contribution >= 0.6 is 0 Å². The first-order valence-electron chi connectivity index (χ1n) is 3.23. The van der Waals surface area contributed by atoms with Crippen molar-refractivity contribution < 1.29 is 4.74 Å². The summed E-state index contributed by atoms with van der Waals surface area (Å²) in [7, 11) is 1.74. The molecule has 1 unspecified atom stereocenters. The molecule has 1 rings (SSSR count). The van der Waals surface area contributed by atoms with Gasteiger partial charge >= 0.3 is 0 Å². The van der Waals surface area contributed by atoms with Crippen LogP contribution in [0.2, 0.25) is 0 Å². The van der Waals surface area contributed by atoms with Crippen molar-refractivity contribution in [1.82, 2.24) is 5.32 Å². The fourth-order valence-electron chi connectivity index (χ4n) is 1.04. The van der Waals surface area contributed by atoms with Gasteiger partial charge in [-0.15, -0.1) is 0 Å². The molecule has 0 saturated carbocycles. The molecule has 0 aromatic rings. The Morgan fingerprint density at radius 1 is 1.78 bits per heavy atom. The smallest absolute Gasteiger partial charge is 0.0733 e. The van der Waals surface area contributed by atoms with Crippen molar-refractivity contribution in [3.05, 3.63) is 12.2 Å². The quantitative estimate of drug-likeness (QED) is 0.519. The molecule has 0 aromatic heterocycles. The number of rotatable bonds is 1. The summed E-state index contributed by atoms with van der Waals surface area (Å²) in [5.74, 6) is 0. The summed E-state index contributed by atoms with van der Waals surface area (Å²) in [6.07, 6.45) is 1.37. The Kier molecular flexibility index (Phi) is 2.25. The Morgan fingerprint density at radius 3 is 3.00 bits per heavy atom. The van der Waals surface area contributed by atoms with Crippen LogP contribution in [0.4, 0.5) is 0 Å². The highest BCUT2D eigenvalue weighted by Gasteiger charge is 2.13. The van der Waals surface area contributed by atoms with Crippen molar-refractivity contribution in [3.63, 3.8) is 0 Å². The van der Waals surface area contributed by atoms with Crippen molar-refractivity contribution >= 4 is 0 Å². The van der Waals surface area contributed by atoms with Crippen molar-refractivity contribution in [1.29, 1.82) is 0 Å². The zero-order valence-electron chi connectivity index (χ0n) is 5.81. The van der Waals surface area contributed by atoms with E-state index in [0.29, 0.717) is 6.10 Å². The molecule has 1 aliphatic heterocycles. The second-order valence-electron chi connectivity index (χ2n) is 2.44. The zero-order valence-corrected chi connectivity index (χ0v) is 5.81. The summed E-state index contributed by atoms with van der Waals surface area (Å²) < 4.78 is 5.14. The molecule has 9 heavy (non-hydrogen) atoms. The monoisotopic (exact) mass is 127 g/mol. The van der Waals surface area contributed by atoms with E-state index in [2.05, 4.69) is 11.9 Å². The van der Waals surface area contributed by atoms with E-state index in [1.54, 1.807) is 7.11 Å². The van der Waals surface area contributed by atoms with E-state index >= 15 is 0 Å². The maximum Gasteiger partial charge on any atom is 0.0733 e. The van der Waals surface area contributed by atoms with Crippen LogP contribution in [0.15, 0.2) is 12.2 Å². The first kappa shape index (κ1) is 6.78. The predicted octanol–water partition coefficient (Wildman–Crippen LogP) is 0.551. The second kappa shape index (κ2) is 2.99. The van der Waals surface area contributed by atoms with Crippen LogP contribution in [0.5, 0.6) is 0 Å². The molecule has 1 N–H and O–H groups in total. The van der Waals surface area contributed by atoms with Gasteiger partial charge in [-0.3, -0.25) is 0 Å². The van der Waals surface area contributed by atoms with Crippen LogP contribution < -0.4 is 5.32 Å². The maximum atomic E-state index is 5.14. The summed E-state index contributed by atoms with van der Waals surface area (Å²) in [6.45, 7) is 5.80. The van der Waals surface area contributed by atoms with E-state index in [1.807, 2.05) is 0 Å². The van der Waals surface area contributed by atoms with E-state index in [9.17, 15) is 0 Å². The molecule has 1 saturated heterocycles. The van der Waals surface area contributed by atoms with Gasteiger partial charge in [0.25, 0.3) is 0 Å². The second-order valence-corrected chi connectivity index (χ2v) is 2.44. The molecule has 0 aliphatic carbocycles. The third-order valence-corrected chi connectivity index (χ3v) is 1.60. The number of methoxy groups -OCH3 is 1. The molecule has 1 fully saturated rings. The molecule has 1 heterocycles. The molecule has 52 valence electrons. The molecule has 1 aliphatic rings. The minimum absolute atomic E-state index is 0.353. The van der Waals surface area contributed by atoms with E-state index in [1.165, 1.54) is 5.57 Å². The summed E-state index contributed by atoms with van der Waals surface area (Å²) in [5, 5.41) is 3.21. The van der Waals surface area contributed by atoms with Gasteiger partial charge in [0.1, 0.15) is 0 Å². The third-order valence-electron chi connectivity index (χ3n) is 1.60. The van der Waals surface area contributed by atoms with Gasteiger partial charge in [-0.1, -0.05) is 12.2 Å². The summed E-state index contributed by atoms with van der Waals surface area (Å²) in [5.41, 5.74) is 1.24. The molecule has 0 radical (unpaired) electrons. The third kappa shape index (κ3) is 1.80. The van der Waals surface area contributed by atoms with Crippen LogP contribution in [-0.2, 0) is 4.74 Å².